The predicted octanol–water partition coefficient (Wildman–Crippen LogP) is 2.95. The molecule has 6 rings (SSSR count). The quantitative estimate of drug-likeness (QED) is 0.0203. The van der Waals surface area contributed by atoms with Gasteiger partial charge in [0.1, 0.15) is 53.8 Å². The number of anilines is 1. The lowest BCUT2D eigenvalue weighted by molar-refractivity contribution is -0.139. The number of carbonyl (C=O) groups excluding carboxylic acids is 8. The summed E-state index contributed by atoms with van der Waals surface area (Å²) in [7, 11) is 3.04. The number of carbonyl (C=O) groups is 8. The molecule has 25 nitrogen and oxygen atoms in total. The van der Waals surface area contributed by atoms with E-state index < -0.39 is 83.3 Å². The van der Waals surface area contributed by atoms with E-state index in [-0.39, 0.29) is 85.3 Å². The summed E-state index contributed by atoms with van der Waals surface area (Å²) in [6, 6.07) is 13.9. The zero-order valence-corrected chi connectivity index (χ0v) is 52.7. The molecule has 2 heterocycles. The Hall–Kier alpha value is -8.77. The molecular weight excluding hydrogens is 1140 g/mol. The van der Waals surface area contributed by atoms with Crippen LogP contribution in [0.2, 0.25) is 0 Å². The van der Waals surface area contributed by atoms with E-state index in [0.29, 0.717) is 87.2 Å². The number of phenols is 1. The van der Waals surface area contributed by atoms with Crippen LogP contribution in [-0.2, 0) is 51.3 Å². The summed E-state index contributed by atoms with van der Waals surface area (Å²) in [4.78, 5) is 134. The van der Waals surface area contributed by atoms with Crippen molar-refractivity contribution in [2.24, 2.45) is 17.6 Å². The van der Waals surface area contributed by atoms with Crippen LogP contribution in [0.5, 0.6) is 11.5 Å². The predicted molar refractivity (Wildman–Crippen MR) is 339 cm³/mol. The van der Waals surface area contributed by atoms with Gasteiger partial charge in [-0.2, -0.15) is 0 Å². The molecule has 25 heteroatoms. The number of unbranched alkanes of at least 4 members (excludes halogenated alkanes) is 1. The second-order valence-corrected chi connectivity index (χ2v) is 23.9. The van der Waals surface area contributed by atoms with Gasteiger partial charge in [0.2, 0.25) is 47.3 Å². The van der Waals surface area contributed by atoms with Crippen molar-refractivity contribution in [1.29, 1.82) is 5.41 Å². The number of rotatable bonds is 30. The number of fused-ring (bicyclic) bond motifs is 1. The molecule has 1 saturated heterocycles. The number of hydrogen-bond donors (Lipinski definition) is 11. The normalized spacial score (nSPS) is 17.8. The minimum absolute atomic E-state index is 0.00503. The second kappa shape index (κ2) is 33.0. The Kier molecular flexibility index (Phi) is 25.7. The smallest absolute Gasteiger partial charge is 0.261 e. The number of nitrogens with two attached hydrogens (primary N) is 1. The molecule has 0 spiro atoms. The van der Waals surface area contributed by atoms with Crippen LogP contribution in [0.1, 0.15) is 129 Å². The Bertz CT molecular complexity index is 3160. The number of piperazine rings is 1. The molecule has 4 aromatic rings. The Balaban J connectivity index is 1.22. The third-order valence-corrected chi connectivity index (χ3v) is 16.8. The van der Waals surface area contributed by atoms with Crippen LogP contribution in [0, 0.1) is 17.2 Å². The number of amides is 8. The van der Waals surface area contributed by atoms with Crippen molar-refractivity contribution in [3.8, 4) is 11.5 Å². The molecule has 0 bridgehead atoms. The van der Waals surface area contributed by atoms with Gasteiger partial charge in [0.05, 0.1) is 24.3 Å². The molecule has 1 saturated carbocycles. The van der Waals surface area contributed by atoms with Gasteiger partial charge in [-0.3, -0.25) is 53.1 Å². The number of aromatic nitrogens is 2. The van der Waals surface area contributed by atoms with Gasteiger partial charge in [0.25, 0.3) is 5.56 Å². The number of ether oxygens (including phenoxy) is 1. The SMILES string of the molecule is CCCC[C@H](NC(=O)[C@@H](NC(C)=O)[C@@H](C)CC)C(=O)N1CCN(c2ccc3ncn(CC(=O)N[C@@H](CCCNC(=N)N)C(=O)NC4(C(=O)N[C@@H](Cc5ccc(O)cc5)C(=O)N[C@@H](CC(C)C)C(=O)NC)CCC(c5ccc(OC)cc5)CC4)c(=O)c3c2)CC1. The van der Waals surface area contributed by atoms with Crippen molar-refractivity contribution in [3.63, 3.8) is 0 Å². The van der Waals surface area contributed by atoms with E-state index in [2.05, 4.69) is 47.5 Å². The van der Waals surface area contributed by atoms with Gasteiger partial charge in [0, 0.05) is 58.8 Å². The van der Waals surface area contributed by atoms with Gasteiger partial charge in [-0.1, -0.05) is 78.1 Å². The molecule has 6 atom stereocenters. The number of benzene rings is 3. The fraction of sp³-hybridized carbons (Fsp3) is 0.547. The van der Waals surface area contributed by atoms with Crippen molar-refractivity contribution in [3.05, 3.63) is 94.5 Å². The van der Waals surface area contributed by atoms with Crippen molar-refractivity contribution in [1.82, 2.24) is 57.0 Å². The Morgan fingerprint density at radius 1 is 0.787 bits per heavy atom. The minimum Gasteiger partial charge on any atom is -0.508 e. The van der Waals surface area contributed by atoms with E-state index in [0.717, 1.165) is 16.6 Å². The zero-order chi connectivity index (χ0) is 65.0. The van der Waals surface area contributed by atoms with Crippen LogP contribution in [-0.4, -0.2) is 155 Å². The highest BCUT2D eigenvalue weighted by Gasteiger charge is 2.46. The van der Waals surface area contributed by atoms with Crippen molar-refractivity contribution in [2.75, 3.05) is 51.8 Å². The lowest BCUT2D eigenvalue weighted by Crippen LogP contribution is -2.66. The van der Waals surface area contributed by atoms with Gasteiger partial charge >= 0.3 is 0 Å². The van der Waals surface area contributed by atoms with Gasteiger partial charge in [-0.15, -0.1) is 0 Å². The zero-order valence-electron chi connectivity index (χ0n) is 52.7. The maximum atomic E-state index is 15.2. The lowest BCUT2D eigenvalue weighted by Gasteiger charge is -2.41. The van der Waals surface area contributed by atoms with E-state index in [9.17, 15) is 43.5 Å². The van der Waals surface area contributed by atoms with E-state index in [4.69, 9.17) is 15.9 Å². The van der Waals surface area contributed by atoms with Crippen LogP contribution < -0.4 is 63.5 Å². The third kappa shape index (κ3) is 19.6. The Morgan fingerprint density at radius 2 is 1.45 bits per heavy atom. The number of nitrogens with one attached hydrogen (secondary N) is 9. The number of methoxy groups -OCH3 is 1. The second-order valence-electron chi connectivity index (χ2n) is 23.9. The van der Waals surface area contributed by atoms with Crippen LogP contribution in [0.4, 0.5) is 5.69 Å². The van der Waals surface area contributed by atoms with E-state index in [1.807, 2.05) is 69.9 Å². The topological polar surface area (TPSA) is 353 Å². The first-order valence-electron chi connectivity index (χ1n) is 31.0. The molecule has 12 N–H and O–H groups in total. The molecule has 0 unspecified atom stereocenters. The van der Waals surface area contributed by atoms with E-state index in [1.165, 1.54) is 32.4 Å². The maximum Gasteiger partial charge on any atom is 0.261 e. The summed E-state index contributed by atoms with van der Waals surface area (Å²) in [6.07, 6.45) is 5.43. The summed E-state index contributed by atoms with van der Waals surface area (Å²) in [5.41, 5.74) is 6.07. The van der Waals surface area contributed by atoms with Gasteiger partial charge in [-0.05, 0) is 123 Å². The van der Waals surface area contributed by atoms with Crippen LogP contribution in [0.15, 0.2) is 77.9 Å². The summed E-state index contributed by atoms with van der Waals surface area (Å²) < 4.78 is 6.53. The lowest BCUT2D eigenvalue weighted by atomic mass is 9.73. The van der Waals surface area contributed by atoms with Crippen molar-refractivity contribution in [2.45, 2.75) is 167 Å². The minimum atomic E-state index is -1.63. The summed E-state index contributed by atoms with van der Waals surface area (Å²) in [6.45, 7) is 12.1. The van der Waals surface area contributed by atoms with Crippen molar-refractivity contribution >= 4 is 69.8 Å². The molecule has 89 heavy (non-hydrogen) atoms. The molecule has 1 aromatic heterocycles. The Labute approximate surface area is 520 Å². The Morgan fingerprint density at radius 3 is 2.06 bits per heavy atom. The first kappa shape index (κ1) is 69.3. The van der Waals surface area contributed by atoms with Crippen molar-refractivity contribution < 1.29 is 48.2 Å². The average Bonchev–Trinajstić information content (AvgIpc) is 2.39. The maximum absolute atomic E-state index is 15.2. The highest BCUT2D eigenvalue weighted by molar-refractivity contribution is 5.98. The molecule has 2 fully saturated rings. The molecule has 1 aliphatic carbocycles. The molecule has 0 radical (unpaired) electrons. The number of hydrogen-bond acceptors (Lipinski definition) is 14. The van der Waals surface area contributed by atoms with E-state index >= 15 is 4.79 Å². The highest BCUT2D eigenvalue weighted by atomic mass is 16.5. The number of phenolic OH excluding ortho intramolecular Hbond substituents is 1. The summed E-state index contributed by atoms with van der Waals surface area (Å²) in [5.74, 6) is -3.92. The first-order valence-corrected chi connectivity index (χ1v) is 31.0. The molecule has 484 valence electrons. The highest BCUT2D eigenvalue weighted by Crippen LogP contribution is 2.39. The number of likely N-dealkylation sites (N-methyl/N-ethyl adjacent to an activating group) is 1. The first-order chi connectivity index (χ1) is 42.5. The molecular formula is C64H92N14O11. The van der Waals surface area contributed by atoms with Gasteiger partial charge in [-0.25, -0.2) is 4.98 Å². The van der Waals surface area contributed by atoms with Gasteiger partial charge < -0.3 is 67.9 Å². The molecule has 8 amide bonds. The average molecular weight is 1230 g/mol. The summed E-state index contributed by atoms with van der Waals surface area (Å²) >= 11 is 0. The largest absolute Gasteiger partial charge is 0.508 e. The number of guanidine groups is 1. The van der Waals surface area contributed by atoms with Crippen LogP contribution in [0.3, 0.4) is 0 Å². The number of nitrogens with zero attached hydrogens (tertiary/aromatic N) is 4. The fourth-order valence-electron chi connectivity index (χ4n) is 11.5. The molecule has 1 aliphatic heterocycles. The molecule has 3 aromatic carbocycles. The molecule has 2 aliphatic rings. The number of aromatic hydroxyl groups is 1. The van der Waals surface area contributed by atoms with Gasteiger partial charge in [0.15, 0.2) is 5.96 Å². The summed E-state index contributed by atoms with van der Waals surface area (Å²) in [5, 5.41) is 40.6. The fourth-order valence-corrected chi connectivity index (χ4v) is 11.5. The monoisotopic (exact) mass is 1230 g/mol. The standard InChI is InChI=1S/C64H92N14O11/c1-9-11-13-51(72-59(85)55(40(5)10-2)70-41(6)79)61(87)77-32-30-76(31-33-77)45-19-24-49-48(36-45)60(86)78(38-69-49)37-54(81)71-50(14-12-29-68-63(65)66)58(84)75-64(27-25-44(26-28-64)43-17-22-47(89-8)23-18-43)62(88)74-53(35-42-15-20-46(80)21-16-42)57(83)73-52(34-39(3)4)56(82)67-7/h15-24,36,38-40,44,50-53,55,80H,9-14,25-35,37H2,1-8H3,(H,67,82)(H,70,79)(H,71,81)(H,72,85)(H,73,83)(H,74,88)(H,75,84)(H4,65,66,68)/t40-,44?,50-,51-,52-,53-,55-,64?/m0/s1. The third-order valence-electron chi connectivity index (χ3n) is 16.8. The van der Waals surface area contributed by atoms with Crippen LogP contribution >= 0.6 is 0 Å². The van der Waals surface area contributed by atoms with E-state index in [1.54, 1.807) is 36.3 Å². The van der Waals surface area contributed by atoms with Crippen LogP contribution in [0.25, 0.3) is 10.9 Å².